The van der Waals surface area contributed by atoms with E-state index in [2.05, 4.69) is 0 Å². The van der Waals surface area contributed by atoms with Crippen LogP contribution in [0.4, 0.5) is 4.39 Å². The van der Waals surface area contributed by atoms with E-state index < -0.39 is 12.1 Å². The average Bonchev–Trinajstić information content (AvgIpc) is 2.39. The molecular formula is C14H16FNO3. The summed E-state index contributed by atoms with van der Waals surface area (Å²) < 4.78 is 12.9. The van der Waals surface area contributed by atoms with Crippen molar-refractivity contribution in [1.82, 2.24) is 4.90 Å². The van der Waals surface area contributed by atoms with Crippen LogP contribution in [-0.2, 0) is 0 Å². The van der Waals surface area contributed by atoms with E-state index in [1.165, 1.54) is 30.3 Å². The molecule has 0 bridgehead atoms. The number of β-amino-alcohol motifs (C(OH)–C–C–N with tert-alkyl or cyclic N) is 1. The molecule has 0 spiro atoms. The molecule has 0 saturated carbocycles. The summed E-state index contributed by atoms with van der Waals surface area (Å²) in [6, 6.07) is 4.79. The highest BCUT2D eigenvalue weighted by Gasteiger charge is 2.30. The smallest absolute Gasteiger partial charge is 0.123 e. The van der Waals surface area contributed by atoms with Crippen LogP contribution in [0.1, 0.15) is 11.7 Å². The van der Waals surface area contributed by atoms with Gasteiger partial charge in [0, 0.05) is 12.7 Å². The van der Waals surface area contributed by atoms with Crippen molar-refractivity contribution in [1.29, 1.82) is 0 Å². The molecule has 2 unspecified atom stereocenters. The summed E-state index contributed by atoms with van der Waals surface area (Å²) in [5.74, 6) is -0.376. The Kier molecular flexibility index (Phi) is 4.19. The van der Waals surface area contributed by atoms with Crippen LogP contribution in [0.5, 0.6) is 0 Å². The lowest BCUT2D eigenvalue weighted by Gasteiger charge is -2.35. The molecule has 0 radical (unpaired) electrons. The van der Waals surface area contributed by atoms with Gasteiger partial charge in [-0.15, -0.1) is 0 Å². The maximum atomic E-state index is 12.9. The van der Waals surface area contributed by atoms with Crippen molar-refractivity contribution in [3.63, 3.8) is 0 Å². The summed E-state index contributed by atoms with van der Waals surface area (Å²) in [5, 5.41) is 29.2. The Balaban J connectivity index is 2.24. The number of allylic oxidation sites excluding steroid dienone is 2. The minimum absolute atomic E-state index is 0.00720. The second-order valence-electron chi connectivity index (χ2n) is 4.34. The molecule has 1 aliphatic heterocycles. The average molecular weight is 265 g/mol. The summed E-state index contributed by atoms with van der Waals surface area (Å²) in [5.41, 5.74) is 0.504. The number of halogens is 1. The van der Waals surface area contributed by atoms with Crippen LogP contribution >= 0.6 is 0 Å². The summed E-state index contributed by atoms with van der Waals surface area (Å²) in [6.45, 7) is 0.196. The zero-order valence-corrected chi connectivity index (χ0v) is 10.3. The number of hydrogen-bond donors (Lipinski definition) is 3. The third-order valence-corrected chi connectivity index (χ3v) is 3.07. The van der Waals surface area contributed by atoms with Gasteiger partial charge >= 0.3 is 0 Å². The van der Waals surface area contributed by atoms with E-state index in [1.807, 2.05) is 0 Å². The molecule has 4 nitrogen and oxygen atoms in total. The Morgan fingerprint density at radius 3 is 2.58 bits per heavy atom. The quantitative estimate of drug-likeness (QED) is 0.772. The Morgan fingerprint density at radius 1 is 1.26 bits per heavy atom. The van der Waals surface area contributed by atoms with Gasteiger partial charge in [-0.2, -0.15) is 0 Å². The summed E-state index contributed by atoms with van der Waals surface area (Å²) >= 11 is 0. The number of benzene rings is 1. The van der Waals surface area contributed by atoms with Gasteiger partial charge in [0.25, 0.3) is 0 Å². The van der Waals surface area contributed by atoms with Crippen LogP contribution in [-0.4, -0.2) is 39.4 Å². The molecule has 0 aromatic heterocycles. The molecule has 3 N–H and O–H groups in total. The van der Waals surface area contributed by atoms with Crippen molar-refractivity contribution in [3.8, 4) is 0 Å². The molecule has 1 aromatic carbocycles. The highest BCUT2D eigenvalue weighted by atomic mass is 19.1. The van der Waals surface area contributed by atoms with E-state index >= 15 is 0 Å². The fourth-order valence-electron chi connectivity index (χ4n) is 2.13. The first-order chi connectivity index (χ1) is 9.13. The minimum atomic E-state index is -1.01. The van der Waals surface area contributed by atoms with Crippen LogP contribution in [0.15, 0.2) is 48.4 Å². The molecule has 0 fully saturated rings. The highest BCUT2D eigenvalue weighted by molar-refractivity contribution is 5.27. The zero-order valence-electron chi connectivity index (χ0n) is 10.3. The first-order valence-corrected chi connectivity index (χ1v) is 6.01. The number of aliphatic hydroxyl groups is 3. The van der Waals surface area contributed by atoms with Crippen molar-refractivity contribution >= 4 is 0 Å². The molecule has 102 valence electrons. The SMILES string of the molecule is OCCN1C=CC=C(O)C1C(O)c1ccc(F)cc1. The first kappa shape index (κ1) is 13.6. The van der Waals surface area contributed by atoms with E-state index in [-0.39, 0.29) is 24.7 Å². The Labute approximate surface area is 110 Å². The Bertz CT molecular complexity index is 484. The van der Waals surface area contributed by atoms with E-state index in [1.54, 1.807) is 17.2 Å². The molecule has 1 aliphatic rings. The lowest BCUT2D eigenvalue weighted by Crippen LogP contribution is -2.40. The molecule has 0 saturated heterocycles. The van der Waals surface area contributed by atoms with Crippen molar-refractivity contribution in [3.05, 3.63) is 59.8 Å². The van der Waals surface area contributed by atoms with Gasteiger partial charge in [0.05, 0.1) is 6.61 Å². The molecule has 0 aliphatic carbocycles. The molecule has 1 heterocycles. The second-order valence-corrected chi connectivity index (χ2v) is 4.34. The van der Waals surface area contributed by atoms with Gasteiger partial charge in [-0.1, -0.05) is 12.1 Å². The van der Waals surface area contributed by atoms with Crippen molar-refractivity contribution in [2.24, 2.45) is 0 Å². The van der Waals surface area contributed by atoms with Crippen LogP contribution in [0.25, 0.3) is 0 Å². The lowest BCUT2D eigenvalue weighted by atomic mass is 9.97. The second kappa shape index (κ2) is 5.86. The van der Waals surface area contributed by atoms with Crippen molar-refractivity contribution in [2.75, 3.05) is 13.2 Å². The molecule has 1 aromatic rings. The van der Waals surface area contributed by atoms with Crippen LogP contribution in [0.2, 0.25) is 0 Å². The largest absolute Gasteiger partial charge is 0.510 e. The van der Waals surface area contributed by atoms with Crippen LogP contribution in [0.3, 0.4) is 0 Å². The van der Waals surface area contributed by atoms with Crippen LogP contribution < -0.4 is 0 Å². The zero-order chi connectivity index (χ0) is 13.8. The molecule has 5 heteroatoms. The molecule has 19 heavy (non-hydrogen) atoms. The number of nitrogens with zero attached hydrogens (tertiary/aromatic N) is 1. The van der Waals surface area contributed by atoms with Gasteiger partial charge in [0.1, 0.15) is 23.7 Å². The maximum absolute atomic E-state index is 12.9. The summed E-state index contributed by atoms with van der Waals surface area (Å²) in [4.78, 5) is 1.64. The van der Waals surface area contributed by atoms with Gasteiger partial charge in [-0.25, -0.2) is 4.39 Å². The standard InChI is InChI=1S/C14H16FNO3/c15-11-5-3-10(4-6-11)14(19)13-12(18)2-1-7-16(13)8-9-17/h1-7,13-14,17-19H,8-9H2. The lowest BCUT2D eigenvalue weighted by molar-refractivity contribution is 0.0590. The number of hydrogen-bond acceptors (Lipinski definition) is 4. The Morgan fingerprint density at radius 2 is 1.95 bits per heavy atom. The normalized spacial score (nSPS) is 20.3. The first-order valence-electron chi connectivity index (χ1n) is 6.01. The summed E-state index contributed by atoms with van der Waals surface area (Å²) in [7, 11) is 0. The predicted octanol–water partition coefficient (Wildman–Crippen LogP) is 1.49. The monoisotopic (exact) mass is 265 g/mol. The van der Waals surface area contributed by atoms with E-state index in [9.17, 15) is 14.6 Å². The molecule has 2 atom stereocenters. The minimum Gasteiger partial charge on any atom is -0.510 e. The van der Waals surface area contributed by atoms with Gasteiger partial charge in [0.15, 0.2) is 0 Å². The van der Waals surface area contributed by atoms with Crippen LogP contribution in [0, 0.1) is 5.82 Å². The van der Waals surface area contributed by atoms with E-state index in [0.29, 0.717) is 5.56 Å². The molecule has 0 amide bonds. The van der Waals surface area contributed by atoms with Gasteiger partial charge < -0.3 is 20.2 Å². The van der Waals surface area contributed by atoms with Gasteiger partial charge in [-0.05, 0) is 29.8 Å². The fourth-order valence-corrected chi connectivity index (χ4v) is 2.13. The highest BCUT2D eigenvalue weighted by Crippen LogP contribution is 2.27. The number of aliphatic hydroxyl groups excluding tert-OH is 3. The molecular weight excluding hydrogens is 249 g/mol. The Hall–Kier alpha value is -1.85. The maximum Gasteiger partial charge on any atom is 0.123 e. The molecule has 2 rings (SSSR count). The van der Waals surface area contributed by atoms with Gasteiger partial charge in [0.2, 0.25) is 0 Å². The summed E-state index contributed by atoms with van der Waals surface area (Å²) in [6.07, 6.45) is 3.81. The third-order valence-electron chi connectivity index (χ3n) is 3.07. The number of rotatable bonds is 4. The predicted molar refractivity (Wildman–Crippen MR) is 68.8 cm³/mol. The third kappa shape index (κ3) is 2.94. The van der Waals surface area contributed by atoms with Gasteiger partial charge in [-0.3, -0.25) is 0 Å². The topological polar surface area (TPSA) is 63.9 Å². The van der Waals surface area contributed by atoms with E-state index in [4.69, 9.17) is 5.11 Å². The van der Waals surface area contributed by atoms with E-state index in [0.717, 1.165) is 0 Å². The fraction of sp³-hybridized carbons (Fsp3) is 0.286. The van der Waals surface area contributed by atoms with Crippen molar-refractivity contribution < 1.29 is 19.7 Å². The van der Waals surface area contributed by atoms with Crippen molar-refractivity contribution in [2.45, 2.75) is 12.1 Å².